The summed E-state index contributed by atoms with van der Waals surface area (Å²) in [6.07, 6.45) is 0. The predicted molar refractivity (Wildman–Crippen MR) is 176 cm³/mol. The molecule has 0 N–H and O–H groups in total. The number of hydrogen-bond acceptors (Lipinski definition) is 2. The van der Waals surface area contributed by atoms with Crippen LogP contribution in [0.1, 0.15) is 52.8 Å². The zero-order valence-electron chi connectivity index (χ0n) is 24.7. The monoisotopic (exact) mass is 555 g/mol. The third-order valence-corrected chi connectivity index (χ3v) is 9.55. The van der Waals surface area contributed by atoms with Gasteiger partial charge in [0, 0.05) is 11.1 Å². The first-order valence-electron chi connectivity index (χ1n) is 15.0. The number of anilines is 3. The molecule has 0 unspecified atom stereocenters. The van der Waals surface area contributed by atoms with Crippen LogP contribution in [-0.4, -0.2) is 0 Å². The summed E-state index contributed by atoms with van der Waals surface area (Å²) in [5.41, 5.74) is 11.9. The summed E-state index contributed by atoms with van der Waals surface area (Å²) in [4.78, 5) is 2.31. The van der Waals surface area contributed by atoms with Crippen LogP contribution in [0.15, 0.2) is 146 Å². The first kappa shape index (κ1) is 25.6. The fourth-order valence-corrected chi connectivity index (χ4v) is 7.59. The third kappa shape index (κ3) is 3.59. The molecule has 6 aromatic rings. The van der Waals surface area contributed by atoms with Crippen LogP contribution in [0.2, 0.25) is 0 Å². The largest absolute Gasteiger partial charge is 0.453 e. The Bertz CT molecular complexity index is 1910. The van der Waals surface area contributed by atoms with E-state index >= 15 is 0 Å². The van der Waals surface area contributed by atoms with Crippen LogP contribution in [0, 0.1) is 6.92 Å². The van der Waals surface area contributed by atoms with Gasteiger partial charge in [-0.15, -0.1) is 0 Å². The van der Waals surface area contributed by atoms with E-state index in [0.717, 1.165) is 28.6 Å². The van der Waals surface area contributed by atoms with E-state index in [9.17, 15) is 0 Å². The van der Waals surface area contributed by atoms with E-state index in [1.807, 2.05) is 24.3 Å². The van der Waals surface area contributed by atoms with E-state index < -0.39 is 5.41 Å². The Kier molecular flexibility index (Phi) is 5.64. The lowest BCUT2D eigenvalue weighted by molar-refractivity contribution is 0.477. The van der Waals surface area contributed by atoms with Gasteiger partial charge >= 0.3 is 0 Å². The molecule has 1 aliphatic heterocycles. The lowest BCUT2D eigenvalue weighted by Gasteiger charge is -2.48. The summed E-state index contributed by atoms with van der Waals surface area (Å²) in [7, 11) is 0. The van der Waals surface area contributed by atoms with Crippen molar-refractivity contribution in [2.45, 2.75) is 31.6 Å². The summed E-state index contributed by atoms with van der Waals surface area (Å²) in [6, 6.07) is 52.8. The molecule has 2 heteroatoms. The summed E-state index contributed by atoms with van der Waals surface area (Å²) < 4.78 is 6.29. The molecule has 0 atom stereocenters. The number of nitrogens with zero attached hydrogens (tertiary/aromatic N) is 1. The van der Waals surface area contributed by atoms with Crippen molar-refractivity contribution in [1.82, 2.24) is 0 Å². The average molecular weight is 556 g/mol. The van der Waals surface area contributed by atoms with Crippen molar-refractivity contribution >= 4 is 17.1 Å². The van der Waals surface area contributed by atoms with E-state index in [0.29, 0.717) is 0 Å². The number of para-hydroxylation sites is 4. The fourth-order valence-electron chi connectivity index (χ4n) is 7.59. The Morgan fingerprint density at radius 2 is 0.907 bits per heavy atom. The molecule has 0 radical (unpaired) electrons. The molecule has 1 heterocycles. The van der Waals surface area contributed by atoms with Crippen molar-refractivity contribution in [2.24, 2.45) is 0 Å². The van der Waals surface area contributed by atoms with E-state index in [1.54, 1.807) is 0 Å². The van der Waals surface area contributed by atoms with Crippen LogP contribution in [0.3, 0.4) is 0 Å². The van der Waals surface area contributed by atoms with Crippen LogP contribution in [-0.2, 0) is 10.8 Å². The molecule has 0 fully saturated rings. The van der Waals surface area contributed by atoms with Crippen LogP contribution < -0.4 is 9.64 Å². The van der Waals surface area contributed by atoms with Crippen molar-refractivity contribution in [3.05, 3.63) is 185 Å². The molecule has 8 rings (SSSR count). The van der Waals surface area contributed by atoms with Gasteiger partial charge in [-0.2, -0.15) is 0 Å². The predicted octanol–water partition coefficient (Wildman–Crippen LogP) is 10.6. The van der Waals surface area contributed by atoms with Gasteiger partial charge in [-0.3, -0.25) is 0 Å². The first-order valence-corrected chi connectivity index (χ1v) is 15.0. The second-order valence-electron chi connectivity index (χ2n) is 12.2. The summed E-state index contributed by atoms with van der Waals surface area (Å²) in [6.45, 7) is 6.98. The van der Waals surface area contributed by atoms with Gasteiger partial charge in [-0.1, -0.05) is 123 Å². The second kappa shape index (κ2) is 9.47. The molecule has 0 saturated carbocycles. The van der Waals surface area contributed by atoms with Gasteiger partial charge in [0.1, 0.15) is 0 Å². The molecule has 0 amide bonds. The summed E-state index contributed by atoms with van der Waals surface area (Å²) >= 11 is 0. The highest BCUT2D eigenvalue weighted by atomic mass is 16.5. The SMILES string of the molecule is Cc1ccccc1C1(c2ccc(N3c4ccccc4Oc4ccccc43)cc2)c2ccccc2C(C)(C)c2ccccc21. The molecule has 6 aromatic carbocycles. The molecule has 43 heavy (non-hydrogen) atoms. The van der Waals surface area contributed by atoms with Crippen LogP contribution in [0.4, 0.5) is 17.1 Å². The van der Waals surface area contributed by atoms with Crippen LogP contribution >= 0.6 is 0 Å². The zero-order chi connectivity index (χ0) is 29.2. The minimum Gasteiger partial charge on any atom is -0.453 e. The maximum atomic E-state index is 6.29. The highest BCUT2D eigenvalue weighted by molar-refractivity contribution is 5.86. The number of rotatable bonds is 3. The lowest BCUT2D eigenvalue weighted by Crippen LogP contribution is -2.42. The molecular formula is C41H33NO. The van der Waals surface area contributed by atoms with Crippen molar-refractivity contribution < 1.29 is 4.74 Å². The number of hydrogen-bond donors (Lipinski definition) is 0. The van der Waals surface area contributed by atoms with Gasteiger partial charge in [0.05, 0.1) is 16.8 Å². The smallest absolute Gasteiger partial charge is 0.151 e. The lowest BCUT2D eigenvalue weighted by atomic mass is 9.54. The second-order valence-corrected chi connectivity index (χ2v) is 12.2. The van der Waals surface area contributed by atoms with E-state index in [-0.39, 0.29) is 5.41 Å². The molecule has 0 spiro atoms. The fraction of sp³-hybridized carbons (Fsp3) is 0.122. The summed E-state index contributed by atoms with van der Waals surface area (Å²) in [5, 5.41) is 0. The first-order chi connectivity index (χ1) is 21.0. The van der Waals surface area contributed by atoms with Gasteiger partial charge in [0.25, 0.3) is 0 Å². The van der Waals surface area contributed by atoms with Gasteiger partial charge in [-0.05, 0) is 82.3 Å². The average Bonchev–Trinajstić information content (AvgIpc) is 3.05. The Labute approximate surface area is 253 Å². The molecule has 0 aromatic heterocycles. The molecule has 208 valence electrons. The third-order valence-electron chi connectivity index (χ3n) is 9.55. The Balaban J connectivity index is 1.40. The maximum Gasteiger partial charge on any atom is 0.151 e. The number of aryl methyl sites for hydroxylation is 1. The van der Waals surface area contributed by atoms with E-state index in [2.05, 4.69) is 147 Å². The molecule has 0 saturated heterocycles. The Morgan fingerprint density at radius 1 is 0.465 bits per heavy atom. The minimum atomic E-state index is -0.465. The molecule has 2 nitrogen and oxygen atoms in total. The molecular weight excluding hydrogens is 522 g/mol. The molecule has 0 bridgehead atoms. The van der Waals surface area contributed by atoms with Crippen LogP contribution in [0.5, 0.6) is 11.5 Å². The highest BCUT2D eigenvalue weighted by Crippen LogP contribution is 2.57. The van der Waals surface area contributed by atoms with E-state index in [1.165, 1.54) is 38.9 Å². The van der Waals surface area contributed by atoms with Gasteiger partial charge < -0.3 is 9.64 Å². The normalized spacial score (nSPS) is 15.4. The van der Waals surface area contributed by atoms with Crippen LogP contribution in [0.25, 0.3) is 0 Å². The topological polar surface area (TPSA) is 12.5 Å². The van der Waals surface area contributed by atoms with E-state index in [4.69, 9.17) is 4.74 Å². The highest BCUT2D eigenvalue weighted by Gasteiger charge is 2.49. The number of ether oxygens (including phenoxy) is 1. The maximum absolute atomic E-state index is 6.29. The Morgan fingerprint density at radius 3 is 1.44 bits per heavy atom. The summed E-state index contributed by atoms with van der Waals surface area (Å²) in [5.74, 6) is 1.72. The Hall–Kier alpha value is -5.08. The number of benzene rings is 6. The quantitative estimate of drug-likeness (QED) is 0.215. The van der Waals surface area contributed by atoms with Crippen molar-refractivity contribution in [2.75, 3.05) is 4.90 Å². The molecule has 1 aliphatic carbocycles. The van der Waals surface area contributed by atoms with Gasteiger partial charge in [0.15, 0.2) is 11.5 Å². The van der Waals surface area contributed by atoms with Crippen molar-refractivity contribution in [1.29, 1.82) is 0 Å². The number of fused-ring (bicyclic) bond motifs is 4. The minimum absolute atomic E-state index is 0.124. The van der Waals surface area contributed by atoms with Gasteiger partial charge in [-0.25, -0.2) is 0 Å². The zero-order valence-corrected chi connectivity index (χ0v) is 24.7. The van der Waals surface area contributed by atoms with Crippen molar-refractivity contribution in [3.8, 4) is 11.5 Å². The van der Waals surface area contributed by atoms with Gasteiger partial charge in [0.2, 0.25) is 0 Å². The standard InChI is InChI=1S/C41H33NO/c1-28-14-4-5-15-31(28)41(34-18-8-6-16-32(34)40(2,3)33-17-7-9-19-35(33)41)29-24-26-30(27-25-29)42-36-20-10-12-22-38(36)43-39-23-13-11-21-37(39)42/h4-27H,1-3H3. The van der Waals surface area contributed by atoms with Crippen molar-refractivity contribution in [3.63, 3.8) is 0 Å². The molecule has 2 aliphatic rings.